The fraction of sp³-hybridized carbons (Fsp3) is 0.714. The first-order chi connectivity index (χ1) is 9.81. The van der Waals surface area contributed by atoms with Gasteiger partial charge >= 0.3 is 0 Å². The van der Waals surface area contributed by atoms with Crippen LogP contribution < -0.4 is 5.32 Å². The van der Waals surface area contributed by atoms with Crippen molar-refractivity contribution in [2.75, 3.05) is 6.54 Å². The Hall–Kier alpha value is -1.50. The zero-order valence-corrected chi connectivity index (χ0v) is 12.3. The molecular weight excluding hydrogens is 280 g/mol. The summed E-state index contributed by atoms with van der Waals surface area (Å²) in [7, 11) is 0. The number of halogens is 2. The number of rotatable bonds is 6. The minimum atomic E-state index is -2.75. The van der Waals surface area contributed by atoms with Crippen molar-refractivity contribution in [1.29, 1.82) is 0 Å². The van der Waals surface area contributed by atoms with E-state index < -0.39 is 17.9 Å². The molecule has 0 aromatic carbocycles. The fourth-order valence-electron chi connectivity index (χ4n) is 2.33. The molecule has 1 aromatic heterocycles. The molecule has 1 aromatic rings. The van der Waals surface area contributed by atoms with Gasteiger partial charge in [-0.25, -0.2) is 8.78 Å². The quantitative estimate of drug-likeness (QED) is 0.846. The molecule has 0 radical (unpaired) electrons. The third-order valence-electron chi connectivity index (χ3n) is 3.65. The van der Waals surface area contributed by atoms with Gasteiger partial charge in [-0.2, -0.15) is 5.10 Å². The van der Waals surface area contributed by atoms with E-state index in [0.29, 0.717) is 19.4 Å². The van der Waals surface area contributed by atoms with Gasteiger partial charge in [-0.1, -0.05) is 13.8 Å². The Morgan fingerprint density at radius 3 is 2.67 bits per heavy atom. The van der Waals surface area contributed by atoms with Crippen molar-refractivity contribution in [3.8, 4) is 0 Å². The van der Waals surface area contributed by atoms with Crippen molar-refractivity contribution in [3.63, 3.8) is 0 Å². The second-order valence-corrected chi connectivity index (χ2v) is 6.11. The molecule has 0 spiro atoms. The molecule has 1 fully saturated rings. The predicted octanol–water partition coefficient (Wildman–Crippen LogP) is 2.12. The summed E-state index contributed by atoms with van der Waals surface area (Å²) in [6, 6.07) is 0. The second-order valence-electron chi connectivity index (χ2n) is 6.11. The molecule has 1 saturated carbocycles. The summed E-state index contributed by atoms with van der Waals surface area (Å²) >= 11 is 0. The van der Waals surface area contributed by atoms with Crippen molar-refractivity contribution >= 4 is 5.91 Å². The summed E-state index contributed by atoms with van der Waals surface area (Å²) in [5.41, 5.74) is -1.51. The number of amides is 1. The fourth-order valence-corrected chi connectivity index (χ4v) is 2.33. The maximum atomic E-state index is 13.0. The second kappa shape index (κ2) is 6.09. The molecule has 0 atom stereocenters. The van der Waals surface area contributed by atoms with Crippen LogP contribution in [-0.4, -0.2) is 32.9 Å². The van der Waals surface area contributed by atoms with E-state index in [1.807, 2.05) is 13.8 Å². The van der Waals surface area contributed by atoms with E-state index in [2.05, 4.69) is 10.4 Å². The highest BCUT2D eigenvalue weighted by atomic mass is 19.3. The summed E-state index contributed by atoms with van der Waals surface area (Å²) in [4.78, 5) is 12.0. The van der Waals surface area contributed by atoms with Gasteiger partial charge in [0.1, 0.15) is 0 Å². The van der Waals surface area contributed by atoms with Crippen molar-refractivity contribution in [1.82, 2.24) is 15.1 Å². The molecule has 2 rings (SSSR count). The normalized spacial score (nSPS) is 17.1. The van der Waals surface area contributed by atoms with Crippen LogP contribution in [0.5, 0.6) is 0 Å². The lowest BCUT2D eigenvalue weighted by Gasteiger charge is -2.36. The molecule has 7 heteroatoms. The van der Waals surface area contributed by atoms with E-state index in [0.717, 1.165) is 6.42 Å². The topological polar surface area (TPSA) is 67.2 Å². The van der Waals surface area contributed by atoms with Crippen LogP contribution in [0.4, 0.5) is 8.78 Å². The van der Waals surface area contributed by atoms with Gasteiger partial charge in [0.25, 0.3) is 12.3 Å². The van der Waals surface area contributed by atoms with E-state index >= 15 is 0 Å². The molecule has 5 nitrogen and oxygen atoms in total. The standard InChI is InChI=1S/C14H21F2N3O2/c1-9(2)6-19-7-10(12(15)16)11(18-19)13(20)17-8-14(21)4-3-5-14/h7,9,12,21H,3-6,8H2,1-2H3,(H,17,20). The molecule has 0 saturated heterocycles. The summed E-state index contributed by atoms with van der Waals surface area (Å²) in [5, 5.41) is 16.4. The Labute approximate surface area is 122 Å². The van der Waals surface area contributed by atoms with Crippen LogP contribution in [0.15, 0.2) is 6.20 Å². The van der Waals surface area contributed by atoms with Crippen LogP contribution in [0.3, 0.4) is 0 Å². The lowest BCUT2D eigenvalue weighted by Crippen LogP contribution is -2.48. The van der Waals surface area contributed by atoms with Crippen LogP contribution >= 0.6 is 0 Å². The number of aliphatic hydroxyl groups is 1. The highest BCUT2D eigenvalue weighted by Crippen LogP contribution is 2.30. The molecule has 1 aliphatic rings. The third kappa shape index (κ3) is 3.78. The molecule has 118 valence electrons. The Bertz CT molecular complexity index is 510. The number of hydrogen-bond donors (Lipinski definition) is 2. The van der Waals surface area contributed by atoms with Crippen LogP contribution in [0.1, 0.15) is 55.6 Å². The van der Waals surface area contributed by atoms with Gasteiger partial charge in [0.15, 0.2) is 5.69 Å². The van der Waals surface area contributed by atoms with E-state index in [1.165, 1.54) is 10.9 Å². The number of nitrogens with one attached hydrogen (secondary N) is 1. The van der Waals surface area contributed by atoms with Crippen LogP contribution in [0, 0.1) is 5.92 Å². The van der Waals surface area contributed by atoms with Crippen LogP contribution in [0.25, 0.3) is 0 Å². The monoisotopic (exact) mass is 301 g/mol. The largest absolute Gasteiger partial charge is 0.388 e. The van der Waals surface area contributed by atoms with Gasteiger partial charge in [-0.3, -0.25) is 9.48 Å². The van der Waals surface area contributed by atoms with E-state index in [-0.39, 0.29) is 23.7 Å². The Kier molecular flexibility index (Phi) is 4.61. The number of carbonyl (C=O) groups is 1. The number of carbonyl (C=O) groups excluding carboxylic acids is 1. The first kappa shape index (κ1) is 15.9. The van der Waals surface area contributed by atoms with Gasteiger partial charge in [-0.05, 0) is 25.2 Å². The lowest BCUT2D eigenvalue weighted by molar-refractivity contribution is -0.0301. The summed E-state index contributed by atoms with van der Waals surface area (Å²) in [6.45, 7) is 4.42. The van der Waals surface area contributed by atoms with Crippen molar-refractivity contribution < 1.29 is 18.7 Å². The average molecular weight is 301 g/mol. The Morgan fingerprint density at radius 2 is 2.19 bits per heavy atom. The zero-order chi connectivity index (χ0) is 15.6. The molecule has 0 aliphatic heterocycles. The van der Waals surface area contributed by atoms with Crippen molar-refractivity contribution in [2.45, 2.75) is 51.7 Å². The smallest absolute Gasteiger partial charge is 0.272 e. The highest BCUT2D eigenvalue weighted by molar-refractivity contribution is 5.93. The van der Waals surface area contributed by atoms with Crippen LogP contribution in [0.2, 0.25) is 0 Å². The minimum Gasteiger partial charge on any atom is -0.388 e. The van der Waals surface area contributed by atoms with Crippen molar-refractivity contribution in [2.24, 2.45) is 5.92 Å². The summed E-state index contributed by atoms with van der Waals surface area (Å²) in [5.74, 6) is -0.421. The molecule has 1 heterocycles. The minimum absolute atomic E-state index is 0.0750. The first-order valence-corrected chi connectivity index (χ1v) is 7.17. The maximum Gasteiger partial charge on any atom is 0.272 e. The van der Waals surface area contributed by atoms with Gasteiger partial charge in [0.2, 0.25) is 0 Å². The van der Waals surface area contributed by atoms with Gasteiger partial charge in [0.05, 0.1) is 11.2 Å². The lowest BCUT2D eigenvalue weighted by atomic mass is 9.80. The molecule has 2 N–H and O–H groups in total. The SMILES string of the molecule is CC(C)Cn1cc(C(F)F)c(C(=O)NCC2(O)CCC2)n1. The number of aromatic nitrogens is 2. The Balaban J connectivity index is 2.08. The predicted molar refractivity (Wildman–Crippen MR) is 73.2 cm³/mol. The van der Waals surface area contributed by atoms with E-state index in [9.17, 15) is 18.7 Å². The molecule has 1 aliphatic carbocycles. The molecule has 1 amide bonds. The van der Waals surface area contributed by atoms with E-state index in [4.69, 9.17) is 0 Å². The van der Waals surface area contributed by atoms with E-state index in [1.54, 1.807) is 0 Å². The average Bonchev–Trinajstić information content (AvgIpc) is 2.76. The Morgan fingerprint density at radius 1 is 1.52 bits per heavy atom. The van der Waals surface area contributed by atoms with Gasteiger partial charge in [0, 0.05) is 19.3 Å². The summed E-state index contributed by atoms with van der Waals surface area (Å²) in [6.07, 6.45) is 0.626. The van der Waals surface area contributed by atoms with Crippen LogP contribution in [-0.2, 0) is 6.54 Å². The van der Waals surface area contributed by atoms with Gasteiger partial charge < -0.3 is 10.4 Å². The molecule has 0 bridgehead atoms. The molecular formula is C14H21F2N3O2. The number of hydrogen-bond acceptors (Lipinski definition) is 3. The third-order valence-corrected chi connectivity index (χ3v) is 3.65. The number of nitrogens with zero attached hydrogens (tertiary/aromatic N) is 2. The van der Waals surface area contributed by atoms with Crippen molar-refractivity contribution in [3.05, 3.63) is 17.5 Å². The number of alkyl halides is 2. The van der Waals surface area contributed by atoms with Gasteiger partial charge in [-0.15, -0.1) is 0 Å². The highest BCUT2D eigenvalue weighted by Gasteiger charge is 2.35. The first-order valence-electron chi connectivity index (χ1n) is 7.17. The molecule has 21 heavy (non-hydrogen) atoms. The maximum absolute atomic E-state index is 13.0. The summed E-state index contributed by atoms with van der Waals surface area (Å²) < 4.78 is 27.4. The zero-order valence-electron chi connectivity index (χ0n) is 12.3. The molecule has 0 unspecified atom stereocenters.